The van der Waals surface area contributed by atoms with Crippen LogP contribution in [0.2, 0.25) is 0 Å². The number of piperazine rings is 1. The fourth-order valence-corrected chi connectivity index (χ4v) is 3.31. The van der Waals surface area contributed by atoms with Crippen LogP contribution < -0.4 is 14.4 Å². The largest absolute Gasteiger partial charge is 0.490 e. The third kappa shape index (κ3) is 4.90. The number of hydrogen-bond acceptors (Lipinski definition) is 7. The molecule has 0 saturated carbocycles. The maximum Gasteiger partial charge on any atom is 0.163 e. The molecule has 0 N–H and O–H groups in total. The summed E-state index contributed by atoms with van der Waals surface area (Å²) in [6.07, 6.45) is 1.72. The van der Waals surface area contributed by atoms with Crippen LogP contribution in [-0.4, -0.2) is 54.0 Å². The summed E-state index contributed by atoms with van der Waals surface area (Å²) in [4.78, 5) is 4.60. The fraction of sp³-hybridized carbons (Fsp3) is 0.476. The zero-order chi connectivity index (χ0) is 19.9. The number of anilines is 1. The zero-order valence-electron chi connectivity index (χ0n) is 16.8. The van der Waals surface area contributed by atoms with Gasteiger partial charge in [-0.05, 0) is 32.9 Å². The first-order valence-corrected chi connectivity index (χ1v) is 9.72. The maximum atomic E-state index is 9.66. The summed E-state index contributed by atoms with van der Waals surface area (Å²) in [5.74, 6) is 1.31. The van der Waals surface area contributed by atoms with Gasteiger partial charge in [0.2, 0.25) is 0 Å². The lowest BCUT2D eigenvalue weighted by molar-refractivity contribution is 0.223. The van der Waals surface area contributed by atoms with Gasteiger partial charge < -0.3 is 14.4 Å². The summed E-state index contributed by atoms with van der Waals surface area (Å²) in [5, 5.41) is 17.8. The molecule has 0 amide bonds. The maximum absolute atomic E-state index is 9.66. The first kappa shape index (κ1) is 19.9. The molecule has 7 heteroatoms. The summed E-state index contributed by atoms with van der Waals surface area (Å²) in [5.41, 5.74) is 2.49. The lowest BCUT2D eigenvalue weighted by Gasteiger charge is -2.36. The Morgan fingerprint density at radius 2 is 1.96 bits per heavy atom. The Kier molecular flexibility index (Phi) is 6.66. The van der Waals surface area contributed by atoms with E-state index < -0.39 is 0 Å². The summed E-state index contributed by atoms with van der Waals surface area (Å²) in [6, 6.07) is 9.96. The van der Waals surface area contributed by atoms with Crippen molar-refractivity contribution in [3.05, 3.63) is 41.7 Å². The topological polar surface area (TPSA) is 74.5 Å². The Morgan fingerprint density at radius 1 is 1.18 bits per heavy atom. The van der Waals surface area contributed by atoms with Crippen molar-refractivity contribution < 1.29 is 9.47 Å². The van der Waals surface area contributed by atoms with Crippen molar-refractivity contribution in [2.75, 3.05) is 37.7 Å². The number of benzene rings is 1. The van der Waals surface area contributed by atoms with Gasteiger partial charge in [-0.1, -0.05) is 0 Å². The van der Waals surface area contributed by atoms with Crippen LogP contribution in [-0.2, 0) is 6.54 Å². The van der Waals surface area contributed by atoms with E-state index in [9.17, 15) is 5.26 Å². The molecule has 1 aliphatic rings. The molecule has 1 saturated heterocycles. The van der Waals surface area contributed by atoms with Crippen LogP contribution in [0.4, 0.5) is 5.69 Å². The highest BCUT2D eigenvalue weighted by atomic mass is 16.5. The summed E-state index contributed by atoms with van der Waals surface area (Å²) >= 11 is 0. The third-order valence-corrected chi connectivity index (χ3v) is 4.57. The molecular formula is C21H27N5O2. The van der Waals surface area contributed by atoms with Crippen LogP contribution in [0.15, 0.2) is 30.5 Å². The Morgan fingerprint density at radius 3 is 2.57 bits per heavy atom. The number of hydrogen-bond donors (Lipinski definition) is 0. The molecule has 0 spiro atoms. The van der Waals surface area contributed by atoms with Gasteiger partial charge in [-0.25, -0.2) is 0 Å². The van der Waals surface area contributed by atoms with Gasteiger partial charge in [0.15, 0.2) is 11.5 Å². The average molecular weight is 381 g/mol. The van der Waals surface area contributed by atoms with Crippen molar-refractivity contribution in [1.29, 1.82) is 5.26 Å². The van der Waals surface area contributed by atoms with E-state index in [4.69, 9.17) is 9.47 Å². The van der Waals surface area contributed by atoms with Crippen molar-refractivity contribution >= 4 is 5.69 Å². The van der Waals surface area contributed by atoms with Gasteiger partial charge in [-0.2, -0.15) is 15.5 Å². The zero-order valence-corrected chi connectivity index (χ0v) is 16.8. The quantitative estimate of drug-likeness (QED) is 0.730. The van der Waals surface area contributed by atoms with Crippen LogP contribution in [0, 0.1) is 11.3 Å². The molecule has 2 aromatic rings. The SMILES string of the molecule is CCOc1cc(C#N)c(N2CCN(Cc3cccnn3)CC2)cc1OC(C)C. The second-order valence-electron chi connectivity index (χ2n) is 7.01. The van der Waals surface area contributed by atoms with E-state index in [0.717, 1.165) is 44.1 Å². The lowest BCUT2D eigenvalue weighted by Crippen LogP contribution is -2.46. The second kappa shape index (κ2) is 9.38. The fourth-order valence-electron chi connectivity index (χ4n) is 3.31. The Bertz CT molecular complexity index is 812. The smallest absolute Gasteiger partial charge is 0.163 e. The van der Waals surface area contributed by atoms with E-state index in [2.05, 4.69) is 26.1 Å². The molecule has 0 aliphatic carbocycles. The third-order valence-electron chi connectivity index (χ3n) is 4.57. The molecular weight excluding hydrogens is 354 g/mol. The monoisotopic (exact) mass is 381 g/mol. The molecule has 148 valence electrons. The van der Waals surface area contributed by atoms with Crippen LogP contribution >= 0.6 is 0 Å². The number of nitrogens with zero attached hydrogens (tertiary/aromatic N) is 5. The number of rotatable bonds is 7. The second-order valence-corrected chi connectivity index (χ2v) is 7.01. The predicted molar refractivity (Wildman–Crippen MR) is 108 cm³/mol. The molecule has 2 heterocycles. The van der Waals surface area contributed by atoms with Crippen molar-refractivity contribution in [3.63, 3.8) is 0 Å². The standard InChI is InChI=1S/C21H27N5O2/c1-4-27-20-12-17(14-22)19(13-21(20)28-16(2)3)26-10-8-25(9-11-26)15-18-6-5-7-23-24-18/h5-7,12-13,16H,4,8-11,15H2,1-3H3. The predicted octanol–water partition coefficient (Wildman–Crippen LogP) is 2.86. The molecule has 0 atom stereocenters. The molecule has 1 aromatic carbocycles. The molecule has 28 heavy (non-hydrogen) atoms. The van der Waals surface area contributed by atoms with Gasteiger partial charge in [0.25, 0.3) is 0 Å². The first-order valence-electron chi connectivity index (χ1n) is 9.72. The molecule has 1 aliphatic heterocycles. The molecule has 0 bridgehead atoms. The highest BCUT2D eigenvalue weighted by Crippen LogP contribution is 2.36. The van der Waals surface area contributed by atoms with Crippen LogP contribution in [0.1, 0.15) is 32.0 Å². The van der Waals surface area contributed by atoms with Crippen molar-refractivity contribution in [3.8, 4) is 17.6 Å². The molecule has 7 nitrogen and oxygen atoms in total. The highest BCUT2D eigenvalue weighted by molar-refractivity contribution is 5.66. The summed E-state index contributed by atoms with van der Waals surface area (Å²) < 4.78 is 11.6. The number of ether oxygens (including phenoxy) is 2. The van der Waals surface area contributed by atoms with Crippen LogP contribution in [0.25, 0.3) is 0 Å². The van der Waals surface area contributed by atoms with E-state index in [1.807, 2.05) is 39.0 Å². The van der Waals surface area contributed by atoms with Gasteiger partial charge >= 0.3 is 0 Å². The highest BCUT2D eigenvalue weighted by Gasteiger charge is 2.22. The number of aromatic nitrogens is 2. The van der Waals surface area contributed by atoms with Crippen LogP contribution in [0.5, 0.6) is 11.5 Å². The lowest BCUT2D eigenvalue weighted by atomic mass is 10.1. The van der Waals surface area contributed by atoms with Gasteiger partial charge in [-0.15, -0.1) is 0 Å². The first-order chi connectivity index (χ1) is 13.6. The average Bonchev–Trinajstić information content (AvgIpc) is 2.70. The molecule has 3 rings (SSSR count). The minimum atomic E-state index is 0.0313. The van der Waals surface area contributed by atoms with Gasteiger partial charge in [0, 0.05) is 51.1 Å². The van der Waals surface area contributed by atoms with E-state index in [-0.39, 0.29) is 6.10 Å². The minimum absolute atomic E-state index is 0.0313. The van der Waals surface area contributed by atoms with E-state index in [1.165, 1.54) is 0 Å². The van der Waals surface area contributed by atoms with Gasteiger partial charge in [0.1, 0.15) is 6.07 Å². The molecule has 0 radical (unpaired) electrons. The molecule has 0 unspecified atom stereocenters. The summed E-state index contributed by atoms with van der Waals surface area (Å²) in [6.45, 7) is 10.7. The van der Waals surface area contributed by atoms with Crippen molar-refractivity contribution in [2.24, 2.45) is 0 Å². The Labute approximate surface area is 166 Å². The number of nitriles is 1. The minimum Gasteiger partial charge on any atom is -0.490 e. The summed E-state index contributed by atoms with van der Waals surface area (Å²) in [7, 11) is 0. The molecule has 1 fully saturated rings. The Hall–Kier alpha value is -2.85. The molecule has 1 aromatic heterocycles. The Balaban J connectivity index is 1.75. The van der Waals surface area contributed by atoms with Crippen LogP contribution in [0.3, 0.4) is 0 Å². The van der Waals surface area contributed by atoms with Crippen molar-refractivity contribution in [1.82, 2.24) is 15.1 Å². The van der Waals surface area contributed by atoms with Gasteiger partial charge in [-0.3, -0.25) is 4.90 Å². The van der Waals surface area contributed by atoms with Crippen molar-refractivity contribution in [2.45, 2.75) is 33.4 Å². The van der Waals surface area contributed by atoms with E-state index in [1.54, 1.807) is 12.3 Å². The van der Waals surface area contributed by atoms with E-state index >= 15 is 0 Å². The van der Waals surface area contributed by atoms with Gasteiger partial charge in [0.05, 0.1) is 29.7 Å². The van der Waals surface area contributed by atoms with E-state index in [0.29, 0.717) is 23.7 Å². The normalized spacial score (nSPS) is 14.8.